The number of hydrogen-bond donors (Lipinski definition) is 1. The average Bonchev–Trinajstić information content (AvgIpc) is 2.61. The molecule has 1 aromatic rings. The summed E-state index contributed by atoms with van der Waals surface area (Å²) < 4.78 is 4.94. The molecule has 0 unspecified atom stereocenters. The van der Waals surface area contributed by atoms with Crippen LogP contribution in [0.1, 0.15) is 10.4 Å². The minimum Gasteiger partial charge on any atom is -0.479 e. The smallest absolute Gasteiger partial charge is 0.341 e. The van der Waals surface area contributed by atoms with Crippen molar-refractivity contribution in [2.45, 2.75) is 0 Å². The van der Waals surface area contributed by atoms with Crippen LogP contribution >= 0.6 is 0 Å². The number of hydrogen-bond acceptors (Lipinski definition) is 6. The molecule has 0 aliphatic carbocycles. The molecule has 24 heavy (non-hydrogen) atoms. The Labute approximate surface area is 136 Å². The zero-order valence-electron chi connectivity index (χ0n) is 12.2. The number of carboxylic acids is 1. The molecule has 8 heteroatoms. The molecule has 0 saturated heterocycles. The highest BCUT2D eigenvalue weighted by molar-refractivity contribution is 5.99. The van der Waals surface area contributed by atoms with E-state index in [9.17, 15) is 9.59 Å². The van der Waals surface area contributed by atoms with Gasteiger partial charge in [-0.1, -0.05) is 18.2 Å². The van der Waals surface area contributed by atoms with E-state index in [0.29, 0.717) is 0 Å². The lowest BCUT2D eigenvalue weighted by Crippen LogP contribution is -2.30. The van der Waals surface area contributed by atoms with Gasteiger partial charge in [-0.3, -0.25) is 4.79 Å². The monoisotopic (exact) mass is 322 g/mol. The third-order valence-corrected chi connectivity index (χ3v) is 2.85. The van der Waals surface area contributed by atoms with Gasteiger partial charge in [0, 0.05) is 11.6 Å². The molecule has 118 valence electrons. The number of benzene rings is 1. The minimum absolute atomic E-state index is 0.0171. The van der Waals surface area contributed by atoms with E-state index in [1.807, 2.05) is 0 Å². The van der Waals surface area contributed by atoms with Crippen LogP contribution in [0, 0.1) is 22.7 Å². The highest BCUT2D eigenvalue weighted by atomic mass is 16.5. The van der Waals surface area contributed by atoms with E-state index >= 15 is 0 Å². The topological polar surface area (TPSA) is 127 Å². The summed E-state index contributed by atoms with van der Waals surface area (Å²) in [5, 5.41) is 31.4. The first-order chi connectivity index (χ1) is 11.6. The molecule has 0 spiro atoms. The van der Waals surface area contributed by atoms with Gasteiger partial charge >= 0.3 is 5.97 Å². The van der Waals surface area contributed by atoms with Crippen LogP contribution in [0.5, 0.6) is 0 Å². The molecular formula is C16H10N4O4. The largest absolute Gasteiger partial charge is 0.479 e. The normalized spacial score (nSPS) is 12.7. The number of carboxylic acid groups (broad SMARTS) is 1. The molecule has 0 fully saturated rings. The zero-order valence-corrected chi connectivity index (χ0v) is 12.2. The first kappa shape index (κ1) is 16.5. The Bertz CT molecular complexity index is 825. The maximum Gasteiger partial charge on any atom is 0.341 e. The third-order valence-electron chi connectivity index (χ3n) is 2.85. The van der Waals surface area contributed by atoms with E-state index in [1.54, 1.807) is 42.5 Å². The number of nitriles is 2. The van der Waals surface area contributed by atoms with Crippen molar-refractivity contribution < 1.29 is 19.4 Å². The molecule has 1 heterocycles. The second kappa shape index (κ2) is 7.38. The number of amides is 1. The van der Waals surface area contributed by atoms with Gasteiger partial charge in [-0.2, -0.15) is 15.5 Å². The fourth-order valence-corrected chi connectivity index (χ4v) is 1.81. The highest BCUT2D eigenvalue weighted by Gasteiger charge is 2.25. The number of rotatable bonds is 3. The van der Waals surface area contributed by atoms with Crippen LogP contribution in [-0.2, 0) is 9.53 Å². The van der Waals surface area contributed by atoms with Crippen LogP contribution in [0.3, 0.4) is 0 Å². The molecule has 0 radical (unpaired) electrons. The number of aliphatic carboxylic acids is 1. The number of allylic oxidation sites excluding steroid dienone is 2. The molecule has 1 amide bonds. The molecular weight excluding hydrogens is 312 g/mol. The van der Waals surface area contributed by atoms with E-state index in [1.165, 1.54) is 12.2 Å². The van der Waals surface area contributed by atoms with Crippen molar-refractivity contribution in [3.05, 3.63) is 59.3 Å². The quantitative estimate of drug-likeness (QED) is 0.838. The van der Waals surface area contributed by atoms with Gasteiger partial charge in [0.05, 0.1) is 5.70 Å². The van der Waals surface area contributed by atoms with Gasteiger partial charge in [0.2, 0.25) is 5.90 Å². The first-order valence-electron chi connectivity index (χ1n) is 6.62. The number of hydrazone groups is 1. The van der Waals surface area contributed by atoms with Crippen LogP contribution in [0.15, 0.2) is 58.9 Å². The van der Waals surface area contributed by atoms with Gasteiger partial charge in [0.15, 0.2) is 12.2 Å². The Balaban J connectivity index is 2.43. The fraction of sp³-hybridized carbons (Fsp3) is 0.0625. The summed E-state index contributed by atoms with van der Waals surface area (Å²) in [6.07, 6.45) is 2.58. The number of carbonyl (C=O) groups excluding carboxylic acids is 1. The molecule has 2 rings (SSSR count). The molecule has 0 bridgehead atoms. The van der Waals surface area contributed by atoms with Crippen molar-refractivity contribution in [2.75, 3.05) is 6.61 Å². The van der Waals surface area contributed by atoms with Gasteiger partial charge in [-0.05, 0) is 18.2 Å². The van der Waals surface area contributed by atoms with Gasteiger partial charge < -0.3 is 9.84 Å². The summed E-state index contributed by atoms with van der Waals surface area (Å²) in [6.45, 7) is -0.640. The van der Waals surface area contributed by atoms with Crippen LogP contribution in [0.4, 0.5) is 0 Å². The first-order valence-corrected chi connectivity index (χ1v) is 6.62. The number of carbonyl (C=O) groups is 2. The van der Waals surface area contributed by atoms with Crippen molar-refractivity contribution in [3.8, 4) is 12.1 Å². The maximum atomic E-state index is 12.6. The summed E-state index contributed by atoms with van der Waals surface area (Å²) in [5.41, 5.74) is -0.0463. The Morgan fingerprint density at radius 1 is 1.17 bits per heavy atom. The standard InChI is InChI=1S/C16H10N4O4/c17-8-12(9-18)13-6-7-14(24-10-15(21)22)19-20(13)16(23)11-4-2-1-3-5-11/h1-7H,10H2,(H,21,22). The molecule has 1 aromatic carbocycles. The Morgan fingerprint density at radius 3 is 2.42 bits per heavy atom. The molecule has 1 aliphatic heterocycles. The van der Waals surface area contributed by atoms with Crippen molar-refractivity contribution in [3.63, 3.8) is 0 Å². The minimum atomic E-state index is -1.21. The van der Waals surface area contributed by atoms with Crippen LogP contribution in [0.2, 0.25) is 0 Å². The molecule has 8 nitrogen and oxygen atoms in total. The maximum absolute atomic E-state index is 12.6. The van der Waals surface area contributed by atoms with Crippen molar-refractivity contribution >= 4 is 17.8 Å². The number of nitrogens with zero attached hydrogens (tertiary/aromatic N) is 4. The van der Waals surface area contributed by atoms with E-state index in [-0.39, 0.29) is 22.7 Å². The lowest BCUT2D eigenvalue weighted by atomic mass is 10.1. The summed E-state index contributed by atoms with van der Waals surface area (Å²) in [5.74, 6) is -1.92. The second-order valence-corrected chi connectivity index (χ2v) is 4.42. The third kappa shape index (κ3) is 3.64. The van der Waals surface area contributed by atoms with Gasteiger partial charge in [-0.25, -0.2) is 4.79 Å². The van der Waals surface area contributed by atoms with E-state index in [4.69, 9.17) is 20.4 Å². The predicted molar refractivity (Wildman–Crippen MR) is 81.0 cm³/mol. The van der Waals surface area contributed by atoms with Crippen LogP contribution in [-0.4, -0.2) is 34.5 Å². The lowest BCUT2D eigenvalue weighted by Gasteiger charge is -2.22. The summed E-state index contributed by atoms with van der Waals surface area (Å²) in [6, 6.07) is 11.5. The summed E-state index contributed by atoms with van der Waals surface area (Å²) in [4.78, 5) is 23.2. The summed E-state index contributed by atoms with van der Waals surface area (Å²) in [7, 11) is 0. The lowest BCUT2D eigenvalue weighted by molar-refractivity contribution is -0.139. The van der Waals surface area contributed by atoms with E-state index in [2.05, 4.69) is 5.10 Å². The van der Waals surface area contributed by atoms with E-state index < -0.39 is 18.5 Å². The van der Waals surface area contributed by atoms with Crippen molar-refractivity contribution in [2.24, 2.45) is 5.10 Å². The van der Waals surface area contributed by atoms with Crippen LogP contribution < -0.4 is 0 Å². The van der Waals surface area contributed by atoms with Gasteiger partial charge in [0.1, 0.15) is 12.1 Å². The fourth-order valence-electron chi connectivity index (χ4n) is 1.81. The average molecular weight is 322 g/mol. The zero-order chi connectivity index (χ0) is 17.5. The molecule has 0 atom stereocenters. The molecule has 1 aliphatic rings. The van der Waals surface area contributed by atoms with Gasteiger partial charge in [0.25, 0.3) is 5.91 Å². The Morgan fingerprint density at radius 2 is 1.83 bits per heavy atom. The predicted octanol–water partition coefficient (Wildman–Crippen LogP) is 1.41. The van der Waals surface area contributed by atoms with Crippen molar-refractivity contribution in [1.82, 2.24) is 5.01 Å². The molecule has 1 N–H and O–H groups in total. The van der Waals surface area contributed by atoms with Crippen LogP contribution in [0.25, 0.3) is 0 Å². The van der Waals surface area contributed by atoms with E-state index in [0.717, 1.165) is 5.01 Å². The summed E-state index contributed by atoms with van der Waals surface area (Å²) >= 11 is 0. The number of ether oxygens (including phenoxy) is 1. The molecule has 0 saturated carbocycles. The van der Waals surface area contributed by atoms with Gasteiger partial charge in [-0.15, -0.1) is 5.10 Å². The second-order valence-electron chi connectivity index (χ2n) is 4.42. The SMILES string of the molecule is N#CC(C#N)=C1C=CC(OCC(=O)O)=NN1C(=O)c1ccccc1. The Kier molecular flexibility index (Phi) is 5.06. The molecule has 0 aromatic heterocycles. The Hall–Kier alpha value is -3.91. The van der Waals surface area contributed by atoms with Crippen molar-refractivity contribution in [1.29, 1.82) is 10.5 Å². The highest BCUT2D eigenvalue weighted by Crippen LogP contribution is 2.20.